The first-order valence-electron chi connectivity index (χ1n) is 11.1. The number of likely N-dealkylation sites (N-methyl/N-ethyl adjacent to an activating group) is 1. The number of hydrogen-bond acceptors (Lipinski definition) is 8. The van der Waals surface area contributed by atoms with E-state index in [1.165, 1.54) is 4.90 Å². The van der Waals surface area contributed by atoms with E-state index in [1.54, 1.807) is 7.05 Å². The van der Waals surface area contributed by atoms with Crippen molar-refractivity contribution < 1.29 is 23.6 Å². The fourth-order valence-electron chi connectivity index (χ4n) is 3.97. The van der Waals surface area contributed by atoms with Gasteiger partial charge in [-0.1, -0.05) is 39.5 Å². The van der Waals surface area contributed by atoms with E-state index in [0.29, 0.717) is 6.42 Å². The molecule has 11 heteroatoms. The SMILES string of the molecule is CC(C)C[C@H](NC(=O)C1CCCCCC1)C(=O)c1nnc(SCN2C(=O)CN(C)C2=O)o1. The van der Waals surface area contributed by atoms with Gasteiger partial charge in [0.15, 0.2) is 0 Å². The summed E-state index contributed by atoms with van der Waals surface area (Å²) in [6.45, 7) is 3.99. The van der Waals surface area contributed by atoms with Crippen LogP contribution in [0.1, 0.15) is 69.5 Å². The predicted octanol–water partition coefficient (Wildman–Crippen LogP) is 2.70. The Morgan fingerprint density at radius 2 is 1.84 bits per heavy atom. The molecule has 0 aromatic carbocycles. The van der Waals surface area contributed by atoms with Crippen molar-refractivity contribution in [1.82, 2.24) is 25.3 Å². The largest absolute Gasteiger partial charge is 0.408 e. The summed E-state index contributed by atoms with van der Waals surface area (Å²) >= 11 is 1.01. The summed E-state index contributed by atoms with van der Waals surface area (Å²) in [5.74, 6) is -0.870. The van der Waals surface area contributed by atoms with E-state index in [9.17, 15) is 19.2 Å². The number of nitrogens with zero attached hydrogens (tertiary/aromatic N) is 4. The number of imide groups is 1. The van der Waals surface area contributed by atoms with Crippen LogP contribution in [0.15, 0.2) is 9.64 Å². The van der Waals surface area contributed by atoms with Crippen molar-refractivity contribution in [2.75, 3.05) is 19.5 Å². The number of amides is 4. The zero-order chi connectivity index (χ0) is 23.3. The number of carbonyl (C=O) groups excluding carboxylic acids is 4. The average molecular weight is 466 g/mol. The molecule has 1 atom stereocenters. The van der Waals surface area contributed by atoms with Crippen LogP contribution in [0.25, 0.3) is 0 Å². The molecule has 0 unspecified atom stereocenters. The fraction of sp³-hybridized carbons (Fsp3) is 0.714. The van der Waals surface area contributed by atoms with Gasteiger partial charge in [-0.2, -0.15) is 0 Å². The molecular formula is C21H31N5O5S. The first-order chi connectivity index (χ1) is 15.3. The Kier molecular flexibility index (Phi) is 8.27. The van der Waals surface area contributed by atoms with Crippen LogP contribution >= 0.6 is 11.8 Å². The van der Waals surface area contributed by atoms with Crippen molar-refractivity contribution in [2.24, 2.45) is 11.8 Å². The molecule has 2 aliphatic rings. The second-order valence-electron chi connectivity index (χ2n) is 8.85. The molecule has 2 heterocycles. The van der Waals surface area contributed by atoms with Gasteiger partial charge in [0.05, 0.1) is 11.9 Å². The van der Waals surface area contributed by atoms with Gasteiger partial charge < -0.3 is 14.6 Å². The van der Waals surface area contributed by atoms with Gasteiger partial charge >= 0.3 is 6.03 Å². The number of hydrogen-bond donors (Lipinski definition) is 1. The third kappa shape index (κ3) is 6.08. The Labute approximate surface area is 191 Å². The number of aromatic nitrogens is 2. The van der Waals surface area contributed by atoms with Crippen LogP contribution in [0.3, 0.4) is 0 Å². The van der Waals surface area contributed by atoms with Gasteiger partial charge in [-0.05, 0) is 36.9 Å². The van der Waals surface area contributed by atoms with Crippen LogP contribution in [0.4, 0.5) is 4.79 Å². The number of urea groups is 1. The van der Waals surface area contributed by atoms with Gasteiger partial charge in [0.25, 0.3) is 17.0 Å². The van der Waals surface area contributed by atoms with Crippen LogP contribution in [0.5, 0.6) is 0 Å². The first-order valence-corrected chi connectivity index (χ1v) is 12.1. The molecule has 4 amide bonds. The Morgan fingerprint density at radius 1 is 1.16 bits per heavy atom. The summed E-state index contributed by atoms with van der Waals surface area (Å²) in [5, 5.41) is 10.7. The first kappa shape index (κ1) is 24.2. The summed E-state index contributed by atoms with van der Waals surface area (Å²) in [7, 11) is 1.55. The molecule has 10 nitrogen and oxygen atoms in total. The highest BCUT2D eigenvalue weighted by Gasteiger charge is 2.34. The topological polar surface area (TPSA) is 126 Å². The second kappa shape index (κ2) is 10.9. The highest BCUT2D eigenvalue weighted by molar-refractivity contribution is 7.99. The lowest BCUT2D eigenvalue weighted by Gasteiger charge is -2.21. The molecule has 0 spiro atoms. The van der Waals surface area contributed by atoms with Gasteiger partial charge in [0.1, 0.15) is 6.54 Å². The molecule has 176 valence electrons. The minimum absolute atomic E-state index is 0.0195. The van der Waals surface area contributed by atoms with E-state index in [4.69, 9.17) is 4.42 Å². The van der Waals surface area contributed by atoms with Crippen molar-refractivity contribution >= 4 is 35.4 Å². The Morgan fingerprint density at radius 3 is 2.44 bits per heavy atom. The average Bonchev–Trinajstić information content (AvgIpc) is 3.17. The summed E-state index contributed by atoms with van der Waals surface area (Å²) in [5.41, 5.74) is 0. The lowest BCUT2D eigenvalue weighted by molar-refractivity contribution is -0.126. The predicted molar refractivity (Wildman–Crippen MR) is 117 cm³/mol. The van der Waals surface area contributed by atoms with Crippen molar-refractivity contribution in [3.63, 3.8) is 0 Å². The van der Waals surface area contributed by atoms with E-state index >= 15 is 0 Å². The number of nitrogens with one attached hydrogen (secondary N) is 1. The zero-order valence-corrected chi connectivity index (χ0v) is 19.7. The maximum atomic E-state index is 13.0. The summed E-state index contributed by atoms with van der Waals surface area (Å²) < 4.78 is 5.49. The van der Waals surface area contributed by atoms with Crippen LogP contribution in [-0.2, 0) is 9.59 Å². The third-order valence-corrected chi connectivity index (χ3v) is 6.53. The molecule has 1 N–H and O–H groups in total. The maximum absolute atomic E-state index is 13.0. The lowest BCUT2D eigenvalue weighted by atomic mass is 9.96. The van der Waals surface area contributed by atoms with Crippen LogP contribution < -0.4 is 5.32 Å². The van der Waals surface area contributed by atoms with E-state index < -0.39 is 17.9 Å². The van der Waals surface area contributed by atoms with Crippen molar-refractivity contribution in [1.29, 1.82) is 0 Å². The standard InChI is InChI=1S/C21H31N5O5S/c1-13(2)10-15(22-18(29)14-8-6-4-5-7-9-14)17(28)19-23-24-20(31-19)32-12-26-16(27)11-25(3)21(26)30/h13-15H,4-12H2,1-3H3,(H,22,29)/t15-/m0/s1. The van der Waals surface area contributed by atoms with E-state index in [2.05, 4.69) is 15.5 Å². The number of ketones is 1. The molecule has 1 saturated heterocycles. The zero-order valence-electron chi connectivity index (χ0n) is 18.8. The summed E-state index contributed by atoms with van der Waals surface area (Å²) in [6.07, 6.45) is 6.51. The van der Waals surface area contributed by atoms with E-state index in [-0.39, 0.29) is 47.2 Å². The molecule has 0 radical (unpaired) electrons. The Bertz CT molecular complexity index is 849. The maximum Gasteiger partial charge on any atom is 0.327 e. The Hall–Kier alpha value is -2.43. The second-order valence-corrected chi connectivity index (χ2v) is 9.75. The highest BCUT2D eigenvalue weighted by Crippen LogP contribution is 2.24. The molecule has 32 heavy (non-hydrogen) atoms. The van der Waals surface area contributed by atoms with Gasteiger partial charge in [0, 0.05) is 13.0 Å². The summed E-state index contributed by atoms with van der Waals surface area (Å²) in [4.78, 5) is 52.1. The van der Waals surface area contributed by atoms with Crippen molar-refractivity contribution in [3.8, 4) is 0 Å². The van der Waals surface area contributed by atoms with Crippen molar-refractivity contribution in [2.45, 2.75) is 70.1 Å². The molecular weight excluding hydrogens is 434 g/mol. The molecule has 2 fully saturated rings. The molecule has 1 aliphatic heterocycles. The minimum Gasteiger partial charge on any atom is -0.408 e. The van der Waals surface area contributed by atoms with E-state index in [0.717, 1.165) is 55.2 Å². The number of Topliss-reactive ketones (excluding diaryl/α,β-unsaturated/α-hetero) is 1. The third-order valence-electron chi connectivity index (χ3n) is 5.73. The highest BCUT2D eigenvalue weighted by atomic mass is 32.2. The molecule has 1 aromatic heterocycles. The van der Waals surface area contributed by atoms with Gasteiger partial charge in [0.2, 0.25) is 11.7 Å². The molecule has 1 aromatic rings. The number of thioether (sulfide) groups is 1. The lowest BCUT2D eigenvalue weighted by Crippen LogP contribution is -2.44. The molecule has 1 aliphatic carbocycles. The van der Waals surface area contributed by atoms with Crippen molar-refractivity contribution in [3.05, 3.63) is 5.89 Å². The normalized spacial score (nSPS) is 18.9. The molecule has 1 saturated carbocycles. The smallest absolute Gasteiger partial charge is 0.327 e. The van der Waals surface area contributed by atoms with Crippen LogP contribution in [-0.4, -0.2) is 69.1 Å². The monoisotopic (exact) mass is 465 g/mol. The summed E-state index contributed by atoms with van der Waals surface area (Å²) in [6, 6.07) is -1.13. The fourth-order valence-corrected chi connectivity index (χ4v) is 4.70. The van der Waals surface area contributed by atoms with Gasteiger partial charge in [-0.25, -0.2) is 4.79 Å². The van der Waals surface area contributed by atoms with Gasteiger partial charge in [-0.3, -0.25) is 19.3 Å². The Balaban J connectivity index is 1.62. The van der Waals surface area contributed by atoms with Gasteiger partial charge in [-0.15, -0.1) is 10.2 Å². The number of rotatable bonds is 9. The number of carbonyl (C=O) groups is 4. The van der Waals surface area contributed by atoms with E-state index in [1.807, 2.05) is 13.8 Å². The molecule has 3 rings (SSSR count). The van der Waals surface area contributed by atoms with Crippen LogP contribution in [0.2, 0.25) is 0 Å². The van der Waals surface area contributed by atoms with Crippen LogP contribution in [0, 0.1) is 11.8 Å². The molecule has 0 bridgehead atoms. The minimum atomic E-state index is -0.737. The quantitative estimate of drug-likeness (QED) is 0.255.